The van der Waals surface area contributed by atoms with E-state index >= 15 is 0 Å². The van der Waals surface area contributed by atoms with Crippen LogP contribution in [0.1, 0.15) is 16.7 Å². The maximum atomic E-state index is 12.6. The maximum absolute atomic E-state index is 12.6. The number of hydrogen-bond acceptors (Lipinski definition) is 5. The first-order valence-corrected chi connectivity index (χ1v) is 11.7. The highest BCUT2D eigenvalue weighted by Crippen LogP contribution is 2.27. The first-order valence-electron chi connectivity index (χ1n) is 10.8. The van der Waals surface area contributed by atoms with Gasteiger partial charge in [0.2, 0.25) is 5.91 Å². The fourth-order valence-electron chi connectivity index (χ4n) is 3.54. The molecule has 1 N–H and O–H groups in total. The smallest absolute Gasteiger partial charge is 0.249 e. The quantitative estimate of drug-likeness (QED) is 0.328. The van der Waals surface area contributed by atoms with Gasteiger partial charge in [-0.3, -0.25) is 19.1 Å². The summed E-state index contributed by atoms with van der Waals surface area (Å²) in [5.41, 5.74) is 3.95. The van der Waals surface area contributed by atoms with Gasteiger partial charge in [-0.05, 0) is 34.7 Å². The molecule has 4 heterocycles. The first kappa shape index (κ1) is 21.5. The van der Waals surface area contributed by atoms with Crippen molar-refractivity contribution in [3.63, 3.8) is 0 Å². The van der Waals surface area contributed by atoms with Crippen molar-refractivity contribution in [3.05, 3.63) is 114 Å². The Hall–Kier alpha value is -4.30. The van der Waals surface area contributed by atoms with E-state index in [1.54, 1.807) is 40.6 Å². The molecule has 0 spiro atoms. The minimum atomic E-state index is -0.250. The summed E-state index contributed by atoms with van der Waals surface area (Å²) in [7, 11) is 0. The van der Waals surface area contributed by atoms with Crippen molar-refractivity contribution in [2.45, 2.75) is 13.1 Å². The molecule has 0 saturated heterocycles. The monoisotopic (exact) mass is 466 g/mol. The molecular weight excluding hydrogens is 444 g/mol. The molecule has 34 heavy (non-hydrogen) atoms. The number of carbonyl (C=O) groups is 1. The largest absolute Gasteiger partial charge is 0.306 e. The second-order valence-corrected chi connectivity index (χ2v) is 8.62. The maximum Gasteiger partial charge on any atom is 0.249 e. The third kappa shape index (κ3) is 5.36. The normalized spacial score (nSPS) is 11.2. The zero-order chi connectivity index (χ0) is 23.2. The van der Waals surface area contributed by atoms with E-state index in [1.165, 1.54) is 6.08 Å². The van der Waals surface area contributed by atoms with E-state index in [2.05, 4.69) is 27.5 Å². The summed E-state index contributed by atoms with van der Waals surface area (Å²) in [5.74, 6) is 0.247. The second kappa shape index (κ2) is 10.1. The summed E-state index contributed by atoms with van der Waals surface area (Å²) in [4.78, 5) is 17.7. The molecular formula is C26H22N6OS. The van der Waals surface area contributed by atoms with Gasteiger partial charge < -0.3 is 5.32 Å². The number of aromatic nitrogens is 5. The van der Waals surface area contributed by atoms with E-state index < -0.39 is 0 Å². The Morgan fingerprint density at radius 1 is 0.941 bits per heavy atom. The minimum absolute atomic E-state index is 0.250. The number of hydrogen-bond donors (Lipinski definition) is 1. The van der Waals surface area contributed by atoms with Crippen LogP contribution in [0.15, 0.2) is 96.9 Å². The highest BCUT2D eigenvalue weighted by molar-refractivity contribution is 7.13. The Bertz CT molecular complexity index is 1390. The van der Waals surface area contributed by atoms with Crippen LogP contribution < -0.4 is 5.32 Å². The number of amides is 1. The van der Waals surface area contributed by atoms with E-state index in [0.29, 0.717) is 18.9 Å². The van der Waals surface area contributed by atoms with Gasteiger partial charge in [0, 0.05) is 42.5 Å². The molecule has 5 rings (SSSR count). The molecule has 0 unspecified atom stereocenters. The summed E-state index contributed by atoms with van der Waals surface area (Å²) < 4.78 is 3.67. The van der Waals surface area contributed by atoms with Crippen LogP contribution in [0.4, 0.5) is 5.82 Å². The van der Waals surface area contributed by atoms with E-state index in [9.17, 15) is 4.79 Å². The number of carbonyl (C=O) groups excluding carboxylic acids is 1. The van der Waals surface area contributed by atoms with Crippen LogP contribution in [0.25, 0.3) is 16.6 Å². The molecule has 0 fully saturated rings. The molecule has 8 heteroatoms. The van der Waals surface area contributed by atoms with E-state index in [0.717, 1.165) is 27.3 Å². The van der Waals surface area contributed by atoms with Crippen LogP contribution >= 0.6 is 11.3 Å². The summed E-state index contributed by atoms with van der Waals surface area (Å²) in [6, 6.07) is 19.9. The van der Waals surface area contributed by atoms with Crippen LogP contribution in [0, 0.1) is 0 Å². The van der Waals surface area contributed by atoms with E-state index in [-0.39, 0.29) is 5.91 Å². The van der Waals surface area contributed by atoms with Crippen molar-refractivity contribution in [3.8, 4) is 10.6 Å². The number of anilines is 1. The van der Waals surface area contributed by atoms with Crippen molar-refractivity contribution >= 4 is 29.1 Å². The van der Waals surface area contributed by atoms with Gasteiger partial charge in [-0.15, -0.1) is 11.3 Å². The molecule has 1 amide bonds. The minimum Gasteiger partial charge on any atom is -0.306 e. The fraction of sp³-hybridized carbons (Fsp3) is 0.0769. The molecule has 1 aromatic carbocycles. The highest BCUT2D eigenvalue weighted by Gasteiger charge is 2.11. The Labute approximate surface area is 201 Å². The lowest BCUT2D eigenvalue weighted by molar-refractivity contribution is -0.111. The molecule has 0 atom stereocenters. The number of thiophene rings is 1. The standard InChI is InChI=1S/C26H22N6OS/c33-25(28-24-12-14-31(29-24)18-21-8-4-13-27-16-21)11-10-22-19-32(17-20-6-2-1-3-7-20)30-26(22)23-9-5-15-34-23/h1-16,19H,17-18H2,(H,28,29,33)/b11-10+. The fourth-order valence-corrected chi connectivity index (χ4v) is 4.27. The molecule has 4 aromatic heterocycles. The lowest BCUT2D eigenvalue weighted by Gasteiger charge is -2.01. The number of rotatable bonds is 8. The summed E-state index contributed by atoms with van der Waals surface area (Å²) in [6.07, 6.45) is 10.6. The number of nitrogens with zero attached hydrogens (tertiary/aromatic N) is 5. The zero-order valence-corrected chi connectivity index (χ0v) is 19.1. The molecule has 0 bridgehead atoms. The topological polar surface area (TPSA) is 77.6 Å². The van der Waals surface area contributed by atoms with Crippen molar-refractivity contribution in [1.29, 1.82) is 0 Å². The molecule has 0 radical (unpaired) electrons. The number of nitrogens with one attached hydrogen (secondary N) is 1. The molecule has 0 aliphatic heterocycles. The Balaban J connectivity index is 1.29. The summed E-state index contributed by atoms with van der Waals surface area (Å²) >= 11 is 1.62. The molecule has 168 valence electrons. The Kier molecular flexibility index (Phi) is 6.40. The number of pyridine rings is 1. The average molecular weight is 467 g/mol. The van der Waals surface area contributed by atoms with Gasteiger partial charge in [0.05, 0.1) is 18.0 Å². The predicted octanol–water partition coefficient (Wildman–Crippen LogP) is 4.95. The van der Waals surface area contributed by atoms with Crippen LogP contribution in [0.3, 0.4) is 0 Å². The van der Waals surface area contributed by atoms with Gasteiger partial charge in [-0.25, -0.2) is 0 Å². The van der Waals surface area contributed by atoms with Gasteiger partial charge in [0.15, 0.2) is 5.82 Å². The number of benzene rings is 1. The van der Waals surface area contributed by atoms with Gasteiger partial charge in [0.25, 0.3) is 0 Å². The highest BCUT2D eigenvalue weighted by atomic mass is 32.1. The van der Waals surface area contributed by atoms with Gasteiger partial charge >= 0.3 is 0 Å². The van der Waals surface area contributed by atoms with Gasteiger partial charge in [0.1, 0.15) is 5.69 Å². The van der Waals surface area contributed by atoms with Crippen LogP contribution in [0.5, 0.6) is 0 Å². The third-order valence-electron chi connectivity index (χ3n) is 5.11. The molecule has 0 saturated carbocycles. The second-order valence-electron chi connectivity index (χ2n) is 7.68. The molecule has 0 aliphatic carbocycles. The lowest BCUT2D eigenvalue weighted by Crippen LogP contribution is -2.09. The van der Waals surface area contributed by atoms with Gasteiger partial charge in [-0.2, -0.15) is 10.2 Å². The van der Waals surface area contributed by atoms with Crippen molar-refractivity contribution in [2.24, 2.45) is 0 Å². The van der Waals surface area contributed by atoms with Crippen molar-refractivity contribution < 1.29 is 4.79 Å². The van der Waals surface area contributed by atoms with Crippen molar-refractivity contribution in [1.82, 2.24) is 24.5 Å². The molecule has 0 aliphatic rings. The van der Waals surface area contributed by atoms with Crippen molar-refractivity contribution in [2.75, 3.05) is 5.32 Å². The van der Waals surface area contributed by atoms with E-state index in [4.69, 9.17) is 5.10 Å². The molecule has 5 aromatic rings. The summed E-state index contributed by atoms with van der Waals surface area (Å²) in [6.45, 7) is 1.25. The Morgan fingerprint density at radius 3 is 2.59 bits per heavy atom. The molecule has 7 nitrogen and oxygen atoms in total. The van der Waals surface area contributed by atoms with Gasteiger partial charge in [-0.1, -0.05) is 42.5 Å². The zero-order valence-electron chi connectivity index (χ0n) is 18.3. The van der Waals surface area contributed by atoms with E-state index in [1.807, 2.05) is 64.9 Å². The summed E-state index contributed by atoms with van der Waals surface area (Å²) in [5, 5.41) is 14.0. The van der Waals surface area contributed by atoms with Crippen LogP contribution in [-0.2, 0) is 17.9 Å². The predicted molar refractivity (Wildman–Crippen MR) is 134 cm³/mol. The Morgan fingerprint density at radius 2 is 1.79 bits per heavy atom. The SMILES string of the molecule is O=C(/C=C/c1cn(Cc2ccccc2)nc1-c1cccs1)Nc1ccn(Cc2cccnc2)n1. The van der Waals surface area contributed by atoms with Crippen LogP contribution in [-0.4, -0.2) is 30.5 Å². The third-order valence-corrected chi connectivity index (χ3v) is 5.98. The lowest BCUT2D eigenvalue weighted by atomic mass is 10.2. The first-order chi connectivity index (χ1) is 16.7. The van der Waals surface area contributed by atoms with Crippen LogP contribution in [0.2, 0.25) is 0 Å². The average Bonchev–Trinajstić information content (AvgIpc) is 3.61.